The molecule has 1 saturated heterocycles. The molecular formula is C28H32Cl2N2O5S. The molecule has 1 unspecified atom stereocenters. The van der Waals surface area contributed by atoms with Crippen LogP contribution in [0, 0.1) is 11.3 Å². The number of carbonyl (C=O) groups excluding carboxylic acids is 1. The molecule has 1 amide bonds. The second-order valence-corrected chi connectivity index (χ2v) is 14.1. The smallest absolute Gasteiger partial charge is 0.307 e. The molecule has 1 aliphatic heterocycles. The number of rotatable bonds is 9. The monoisotopic (exact) mass is 578 g/mol. The number of amides is 1. The van der Waals surface area contributed by atoms with Crippen LogP contribution in [-0.2, 0) is 19.6 Å². The van der Waals surface area contributed by atoms with E-state index in [0.29, 0.717) is 35.7 Å². The molecule has 2 aliphatic carbocycles. The molecule has 7 nitrogen and oxygen atoms in total. The second-order valence-electron chi connectivity index (χ2n) is 10.9. The highest BCUT2D eigenvalue weighted by Gasteiger charge is 2.69. The van der Waals surface area contributed by atoms with E-state index in [1.54, 1.807) is 30.1 Å². The molecule has 5 atom stereocenters. The van der Waals surface area contributed by atoms with Crippen LogP contribution in [0.15, 0.2) is 48.5 Å². The fourth-order valence-corrected chi connectivity index (χ4v) is 8.12. The Hall–Kier alpha value is -2.13. The number of nitrogens with zero attached hydrogens (tertiary/aromatic N) is 2. The Balaban J connectivity index is 1.63. The van der Waals surface area contributed by atoms with Gasteiger partial charge in [0.1, 0.15) is 0 Å². The van der Waals surface area contributed by atoms with E-state index in [4.69, 9.17) is 23.2 Å². The van der Waals surface area contributed by atoms with Gasteiger partial charge < -0.3 is 10.0 Å². The van der Waals surface area contributed by atoms with Gasteiger partial charge in [0.15, 0.2) is 0 Å². The average molecular weight is 580 g/mol. The van der Waals surface area contributed by atoms with Gasteiger partial charge in [0, 0.05) is 35.6 Å². The van der Waals surface area contributed by atoms with E-state index in [0.717, 1.165) is 11.1 Å². The van der Waals surface area contributed by atoms with Crippen molar-refractivity contribution < 1.29 is 23.1 Å². The van der Waals surface area contributed by atoms with Crippen LogP contribution in [0.4, 0.5) is 0 Å². The van der Waals surface area contributed by atoms with Crippen LogP contribution in [0.3, 0.4) is 0 Å². The summed E-state index contributed by atoms with van der Waals surface area (Å²) >= 11 is 12.6. The third-order valence-electron chi connectivity index (χ3n) is 8.50. The predicted octanol–water partition coefficient (Wildman–Crippen LogP) is 5.34. The first kappa shape index (κ1) is 27.4. The molecule has 1 heterocycles. The van der Waals surface area contributed by atoms with Crippen LogP contribution in [0.2, 0.25) is 10.0 Å². The fourth-order valence-electron chi connectivity index (χ4n) is 6.18. The van der Waals surface area contributed by atoms with Crippen molar-refractivity contribution in [3.05, 3.63) is 69.7 Å². The van der Waals surface area contributed by atoms with Gasteiger partial charge in [0.25, 0.3) is 0 Å². The number of hydrogen-bond donors (Lipinski definition) is 1. The van der Waals surface area contributed by atoms with Crippen LogP contribution in [0.1, 0.15) is 62.1 Å². The first-order chi connectivity index (χ1) is 18.0. The zero-order valence-electron chi connectivity index (χ0n) is 21.4. The highest BCUT2D eigenvalue weighted by molar-refractivity contribution is 7.90. The van der Waals surface area contributed by atoms with Gasteiger partial charge in [0.05, 0.1) is 22.6 Å². The van der Waals surface area contributed by atoms with Gasteiger partial charge in [-0.05, 0) is 67.5 Å². The summed E-state index contributed by atoms with van der Waals surface area (Å²) in [5.74, 6) is -2.20. The van der Waals surface area contributed by atoms with E-state index in [9.17, 15) is 23.1 Å². The molecule has 5 rings (SSSR count). The number of piperidine rings is 1. The lowest BCUT2D eigenvalue weighted by Gasteiger charge is -2.49. The van der Waals surface area contributed by atoms with Crippen molar-refractivity contribution in [1.29, 1.82) is 0 Å². The van der Waals surface area contributed by atoms with Crippen molar-refractivity contribution in [3.8, 4) is 0 Å². The number of aliphatic carboxylic acids is 1. The zero-order chi connectivity index (χ0) is 27.4. The number of benzene rings is 2. The maximum Gasteiger partial charge on any atom is 0.307 e. The summed E-state index contributed by atoms with van der Waals surface area (Å²) in [4.78, 5) is 28.2. The highest BCUT2D eigenvalue weighted by atomic mass is 35.5. The number of halogens is 2. The molecule has 3 fully saturated rings. The number of carboxylic acid groups (broad SMARTS) is 1. The lowest BCUT2D eigenvalue weighted by molar-refractivity contribution is -0.154. The van der Waals surface area contributed by atoms with Crippen LogP contribution in [-0.4, -0.2) is 59.5 Å². The van der Waals surface area contributed by atoms with Crippen molar-refractivity contribution in [1.82, 2.24) is 9.21 Å². The minimum absolute atomic E-state index is 0.140. The van der Waals surface area contributed by atoms with Crippen molar-refractivity contribution in [3.63, 3.8) is 0 Å². The van der Waals surface area contributed by atoms with E-state index >= 15 is 0 Å². The van der Waals surface area contributed by atoms with E-state index < -0.39 is 39.4 Å². The summed E-state index contributed by atoms with van der Waals surface area (Å²) < 4.78 is 27.4. The number of sulfonamides is 1. The Morgan fingerprint density at radius 2 is 1.79 bits per heavy atom. The Labute approximate surface area is 233 Å². The van der Waals surface area contributed by atoms with E-state index in [1.165, 1.54) is 4.31 Å². The van der Waals surface area contributed by atoms with Crippen molar-refractivity contribution in [2.45, 2.75) is 62.3 Å². The third kappa shape index (κ3) is 4.85. The lowest BCUT2D eigenvalue weighted by atomic mass is 9.72. The number of hydrogen-bond acceptors (Lipinski definition) is 4. The molecule has 1 spiro atoms. The topological polar surface area (TPSA) is 95.0 Å². The van der Waals surface area contributed by atoms with E-state index in [2.05, 4.69) is 0 Å². The molecular weight excluding hydrogens is 547 g/mol. The SMILES string of the molecule is CCC(CN(C)S(=O)(=O)C1CC1)N1C(=O)[C@@]2(C[C@H](c3cccc(Cl)c3)[C@H]1c1ccc(Cl)cc1)C[C@@H]2C(=O)O. The first-order valence-corrected chi connectivity index (χ1v) is 15.3. The molecule has 10 heteroatoms. The molecule has 0 aromatic heterocycles. The van der Waals surface area contributed by atoms with Crippen LogP contribution in [0.5, 0.6) is 0 Å². The standard InChI is InChI=1S/C28H32Cl2N2O5S/c1-3-21(16-31(2)38(36,37)22-11-12-22)32-25(17-7-9-19(29)10-8-17)23(18-5-4-6-20(30)13-18)14-28(27(32)35)15-24(28)26(33)34/h4-10,13,21-25H,3,11-12,14-16H2,1-2H3,(H,33,34)/t21?,23-,24-,25-,28+/m1/s1. The van der Waals surface area contributed by atoms with Crippen LogP contribution >= 0.6 is 23.2 Å². The maximum absolute atomic E-state index is 14.3. The molecule has 2 aromatic carbocycles. The molecule has 1 N–H and O–H groups in total. The van der Waals surface area contributed by atoms with Gasteiger partial charge >= 0.3 is 5.97 Å². The predicted molar refractivity (Wildman–Crippen MR) is 147 cm³/mol. The Morgan fingerprint density at radius 1 is 1.11 bits per heavy atom. The molecule has 0 bridgehead atoms. The van der Waals surface area contributed by atoms with Crippen molar-refractivity contribution in [2.24, 2.45) is 11.3 Å². The Morgan fingerprint density at radius 3 is 2.34 bits per heavy atom. The quantitative estimate of drug-likeness (QED) is 0.433. The molecule has 3 aliphatic rings. The summed E-state index contributed by atoms with van der Waals surface area (Å²) in [5.41, 5.74) is 0.753. The first-order valence-electron chi connectivity index (χ1n) is 13.0. The number of likely N-dealkylation sites (tertiary alicyclic amines) is 1. The lowest BCUT2D eigenvalue weighted by Crippen LogP contribution is -2.56. The van der Waals surface area contributed by atoms with Gasteiger partial charge in [-0.2, -0.15) is 0 Å². The maximum atomic E-state index is 14.3. The van der Waals surface area contributed by atoms with E-state index in [1.807, 2.05) is 37.3 Å². The van der Waals surface area contributed by atoms with Gasteiger partial charge in [-0.1, -0.05) is 54.4 Å². The van der Waals surface area contributed by atoms with Crippen LogP contribution in [0.25, 0.3) is 0 Å². The highest BCUT2D eigenvalue weighted by Crippen LogP contribution is 2.65. The minimum atomic E-state index is -3.46. The van der Waals surface area contributed by atoms with Gasteiger partial charge in [-0.3, -0.25) is 9.59 Å². The van der Waals surface area contributed by atoms with Gasteiger partial charge in [0.2, 0.25) is 15.9 Å². The second kappa shape index (κ2) is 10.1. The van der Waals surface area contributed by atoms with E-state index in [-0.39, 0.29) is 30.0 Å². The number of carboxylic acids is 1. The summed E-state index contributed by atoms with van der Waals surface area (Å²) in [6, 6.07) is 13.9. The molecule has 38 heavy (non-hydrogen) atoms. The Kier molecular flexibility index (Phi) is 7.31. The van der Waals surface area contributed by atoms with Gasteiger partial charge in [-0.25, -0.2) is 12.7 Å². The van der Waals surface area contributed by atoms with Gasteiger partial charge in [-0.15, -0.1) is 0 Å². The summed E-state index contributed by atoms with van der Waals surface area (Å²) in [7, 11) is -1.88. The minimum Gasteiger partial charge on any atom is -0.481 e. The third-order valence-corrected chi connectivity index (χ3v) is 11.3. The number of likely N-dealkylation sites (N-methyl/N-ethyl adjacent to an activating group) is 1. The summed E-state index contributed by atoms with van der Waals surface area (Å²) in [5, 5.41) is 10.7. The zero-order valence-corrected chi connectivity index (χ0v) is 23.7. The molecule has 2 saturated carbocycles. The molecule has 0 radical (unpaired) electrons. The fraction of sp³-hybridized carbons (Fsp3) is 0.500. The largest absolute Gasteiger partial charge is 0.481 e. The summed E-state index contributed by atoms with van der Waals surface area (Å²) in [6.07, 6.45) is 2.46. The normalized spacial score (nSPS) is 28.1. The van der Waals surface area contributed by atoms with Crippen molar-refractivity contribution >= 4 is 45.1 Å². The average Bonchev–Trinajstić information content (AvgIpc) is 3.80. The van der Waals surface area contributed by atoms with Crippen LogP contribution < -0.4 is 0 Å². The molecule has 2 aromatic rings. The van der Waals surface area contributed by atoms with Crippen molar-refractivity contribution in [2.75, 3.05) is 13.6 Å². The Bertz CT molecular complexity index is 1350. The number of carbonyl (C=O) groups is 2. The summed E-state index contributed by atoms with van der Waals surface area (Å²) in [6.45, 7) is 2.08. The molecule has 204 valence electrons.